The van der Waals surface area contributed by atoms with E-state index in [0.717, 1.165) is 79.5 Å². The van der Waals surface area contributed by atoms with Crippen LogP contribution < -0.4 is 0 Å². The molecular weight excluding hydrogens is 588 g/mol. The first-order chi connectivity index (χ1) is 20.7. The maximum atomic E-state index is 12.4. The zero-order valence-corrected chi connectivity index (χ0v) is 26.0. The number of aromatic nitrogens is 2. The van der Waals surface area contributed by atoms with Gasteiger partial charge in [-0.2, -0.15) is 9.40 Å². The lowest BCUT2D eigenvalue weighted by atomic mass is 10.0. The number of carboxylic acid groups (broad SMARTS) is 1. The molecule has 0 spiro atoms. The summed E-state index contributed by atoms with van der Waals surface area (Å²) in [6, 6.07) is 13.4. The topological polar surface area (TPSA) is 105 Å². The van der Waals surface area contributed by atoms with Crippen molar-refractivity contribution in [3.8, 4) is 23.1 Å². The van der Waals surface area contributed by atoms with Gasteiger partial charge in [0.2, 0.25) is 10.0 Å². The number of hydrogen-bond acceptors (Lipinski definition) is 6. The predicted molar refractivity (Wildman–Crippen MR) is 167 cm³/mol. The summed E-state index contributed by atoms with van der Waals surface area (Å²) in [5.41, 5.74) is 6.19. The van der Waals surface area contributed by atoms with Gasteiger partial charge in [-0.3, -0.25) is 14.4 Å². The number of fused-ring (bicyclic) bond motifs is 1. The smallest absolute Gasteiger partial charge is 0.303 e. The molecule has 3 heterocycles. The first-order valence-corrected chi connectivity index (χ1v) is 16.9. The summed E-state index contributed by atoms with van der Waals surface area (Å²) in [6.45, 7) is 5.87. The van der Waals surface area contributed by atoms with Crippen LogP contribution in [0.4, 0.5) is 0 Å². The third kappa shape index (κ3) is 8.25. The largest absolute Gasteiger partial charge is 0.481 e. The van der Waals surface area contributed by atoms with Gasteiger partial charge in [0.15, 0.2) is 0 Å². The van der Waals surface area contributed by atoms with Crippen molar-refractivity contribution in [3.05, 3.63) is 75.4 Å². The van der Waals surface area contributed by atoms with Gasteiger partial charge < -0.3 is 9.84 Å². The molecule has 0 bridgehead atoms. The zero-order valence-electron chi connectivity index (χ0n) is 24.4. The fraction of sp³-hybridized carbons (Fsp3) is 0.438. The van der Waals surface area contributed by atoms with Crippen LogP contribution in [0.15, 0.2) is 42.5 Å². The second kappa shape index (κ2) is 14.1. The number of ether oxygens (including phenoxy) is 1. The molecule has 5 rings (SSSR count). The molecule has 2 aromatic carbocycles. The molecule has 43 heavy (non-hydrogen) atoms. The SMILES string of the molecule is CS(=O)(=O)N1CCc2c(c(-c3ccc(Cl)c(C#Cc4ccc(CCCC(=O)O)cc4)c3)nn2CCCN2CCOCC2)C1. The maximum Gasteiger partial charge on any atom is 0.303 e. The van der Waals surface area contributed by atoms with Crippen molar-refractivity contribution in [1.29, 1.82) is 0 Å². The van der Waals surface area contributed by atoms with E-state index in [4.69, 9.17) is 26.5 Å². The molecule has 1 fully saturated rings. The van der Waals surface area contributed by atoms with Crippen LogP contribution in [-0.4, -0.2) is 84.1 Å². The van der Waals surface area contributed by atoms with Gasteiger partial charge in [0, 0.05) is 80.1 Å². The highest BCUT2D eigenvalue weighted by Gasteiger charge is 2.30. The fourth-order valence-electron chi connectivity index (χ4n) is 5.54. The molecule has 2 aliphatic rings. The maximum absolute atomic E-state index is 12.4. The molecule has 9 nitrogen and oxygen atoms in total. The van der Waals surface area contributed by atoms with Crippen molar-refractivity contribution < 1.29 is 23.1 Å². The van der Waals surface area contributed by atoms with Crippen molar-refractivity contribution in [2.75, 3.05) is 45.6 Å². The number of hydrogen-bond donors (Lipinski definition) is 1. The number of carboxylic acids is 1. The molecule has 3 aromatic rings. The number of carbonyl (C=O) groups is 1. The first-order valence-electron chi connectivity index (χ1n) is 14.6. The molecule has 11 heteroatoms. The van der Waals surface area contributed by atoms with Crippen molar-refractivity contribution in [1.82, 2.24) is 19.0 Å². The van der Waals surface area contributed by atoms with Crippen LogP contribution >= 0.6 is 11.6 Å². The molecule has 2 aliphatic heterocycles. The van der Waals surface area contributed by atoms with E-state index >= 15 is 0 Å². The number of sulfonamides is 1. The highest BCUT2D eigenvalue weighted by Crippen LogP contribution is 2.33. The highest BCUT2D eigenvalue weighted by molar-refractivity contribution is 7.88. The minimum atomic E-state index is -3.35. The summed E-state index contributed by atoms with van der Waals surface area (Å²) >= 11 is 6.55. The van der Waals surface area contributed by atoms with Gasteiger partial charge in [-0.05, 0) is 49.1 Å². The quantitative estimate of drug-likeness (QED) is 0.339. The summed E-state index contributed by atoms with van der Waals surface area (Å²) in [7, 11) is -3.35. The molecule has 0 aliphatic carbocycles. The third-order valence-corrected chi connectivity index (χ3v) is 9.49. The highest BCUT2D eigenvalue weighted by atomic mass is 35.5. The molecule has 1 saturated heterocycles. The Morgan fingerprint density at radius 1 is 1.05 bits per heavy atom. The van der Waals surface area contributed by atoms with Gasteiger partial charge in [0.25, 0.3) is 0 Å². The van der Waals surface area contributed by atoms with Crippen LogP contribution in [0.25, 0.3) is 11.3 Å². The van der Waals surface area contributed by atoms with Crippen LogP contribution in [0.1, 0.15) is 47.2 Å². The summed E-state index contributed by atoms with van der Waals surface area (Å²) in [4.78, 5) is 13.2. The number of rotatable bonds is 10. The average molecular weight is 625 g/mol. The number of halogens is 1. The first kappa shape index (κ1) is 31.2. The van der Waals surface area contributed by atoms with Gasteiger partial charge in [-0.1, -0.05) is 41.6 Å². The minimum Gasteiger partial charge on any atom is -0.481 e. The van der Waals surface area contributed by atoms with Crippen molar-refractivity contribution in [3.63, 3.8) is 0 Å². The van der Waals surface area contributed by atoms with E-state index in [1.165, 1.54) is 10.6 Å². The van der Waals surface area contributed by atoms with Crippen molar-refractivity contribution >= 4 is 27.6 Å². The van der Waals surface area contributed by atoms with E-state index < -0.39 is 16.0 Å². The monoisotopic (exact) mass is 624 g/mol. The van der Waals surface area contributed by atoms with Crippen molar-refractivity contribution in [2.24, 2.45) is 0 Å². The summed E-state index contributed by atoms with van der Waals surface area (Å²) in [6.07, 6.45) is 4.26. The van der Waals surface area contributed by atoms with E-state index in [1.807, 2.05) is 42.5 Å². The van der Waals surface area contributed by atoms with E-state index in [2.05, 4.69) is 21.4 Å². The molecule has 0 atom stereocenters. The standard InChI is InChI=1S/C32H37ClN4O5S/c1-43(40,41)36-17-14-30-28(23-36)32(34-37(30)16-3-15-35-18-20-42-21-19-35)27-12-13-29(33)26(22-27)11-10-25-8-6-24(7-9-25)4-2-5-31(38)39/h6-9,12-13,22H,2-5,14-21,23H2,1H3,(H,38,39). The van der Waals surface area contributed by atoms with Gasteiger partial charge >= 0.3 is 5.97 Å². The molecule has 1 N–H and O–H groups in total. The predicted octanol–water partition coefficient (Wildman–Crippen LogP) is 4.05. The van der Waals surface area contributed by atoms with Crippen LogP contribution in [0, 0.1) is 11.8 Å². The molecule has 228 valence electrons. The summed E-state index contributed by atoms with van der Waals surface area (Å²) in [5, 5.41) is 14.4. The Hall–Kier alpha value is -3.20. The number of nitrogens with zero attached hydrogens (tertiary/aromatic N) is 4. The molecule has 0 amide bonds. The fourth-order valence-corrected chi connectivity index (χ4v) is 6.49. The Morgan fingerprint density at radius 3 is 2.53 bits per heavy atom. The lowest BCUT2D eigenvalue weighted by molar-refractivity contribution is -0.137. The number of aliphatic carboxylic acids is 1. The van der Waals surface area contributed by atoms with E-state index in [0.29, 0.717) is 36.4 Å². The molecule has 0 unspecified atom stereocenters. The van der Waals surface area contributed by atoms with Crippen molar-refractivity contribution in [2.45, 2.75) is 45.2 Å². The van der Waals surface area contributed by atoms with Gasteiger partial charge in [0.1, 0.15) is 0 Å². The number of aryl methyl sites for hydroxylation is 2. The third-order valence-electron chi connectivity index (χ3n) is 7.91. The molecular formula is C32H37ClN4O5S. The Kier molecular flexibility index (Phi) is 10.2. The minimum absolute atomic E-state index is 0.151. The van der Waals surface area contributed by atoms with Crippen LogP contribution in [0.5, 0.6) is 0 Å². The molecule has 0 saturated carbocycles. The van der Waals surface area contributed by atoms with Crippen LogP contribution in [0.2, 0.25) is 5.02 Å². The molecule has 0 radical (unpaired) electrons. The second-order valence-corrected chi connectivity index (χ2v) is 13.4. The van der Waals surface area contributed by atoms with E-state index in [1.54, 1.807) is 0 Å². The zero-order chi connectivity index (χ0) is 30.4. The summed E-state index contributed by atoms with van der Waals surface area (Å²) in [5.74, 6) is 5.58. The summed E-state index contributed by atoms with van der Waals surface area (Å²) < 4.78 is 33.9. The van der Waals surface area contributed by atoms with Gasteiger partial charge in [0.05, 0.1) is 30.2 Å². The Balaban J connectivity index is 1.38. The van der Waals surface area contributed by atoms with Crippen LogP contribution in [-0.2, 0) is 45.5 Å². The Bertz CT molecular complexity index is 1620. The Morgan fingerprint density at radius 2 is 1.81 bits per heavy atom. The lowest BCUT2D eigenvalue weighted by Crippen LogP contribution is -2.37. The normalized spacial score (nSPS) is 16.0. The van der Waals surface area contributed by atoms with Gasteiger partial charge in [-0.15, -0.1) is 0 Å². The molecule has 1 aromatic heterocycles. The van der Waals surface area contributed by atoms with Crippen LogP contribution in [0.3, 0.4) is 0 Å². The lowest BCUT2D eigenvalue weighted by Gasteiger charge is -2.27. The number of morpholine rings is 1. The number of benzene rings is 2. The van der Waals surface area contributed by atoms with Gasteiger partial charge in [-0.25, -0.2) is 8.42 Å². The van der Waals surface area contributed by atoms with E-state index in [-0.39, 0.29) is 13.0 Å². The average Bonchev–Trinajstić information content (AvgIpc) is 3.35. The Labute approximate surface area is 258 Å². The van der Waals surface area contributed by atoms with E-state index in [9.17, 15) is 13.2 Å². The second-order valence-electron chi connectivity index (χ2n) is 11.0.